The molecule has 0 fully saturated rings. The average Bonchev–Trinajstić information content (AvgIpc) is 2.65. The maximum Gasteiger partial charge on any atom is 0.251 e. The monoisotopic (exact) mass is 350 g/mol. The van der Waals surface area contributed by atoms with Gasteiger partial charge in [0.05, 0.1) is 16.8 Å². The van der Waals surface area contributed by atoms with Gasteiger partial charge in [-0.05, 0) is 35.9 Å². The van der Waals surface area contributed by atoms with Crippen LogP contribution in [0.4, 0.5) is 5.69 Å². The van der Waals surface area contributed by atoms with Crippen molar-refractivity contribution in [2.75, 3.05) is 12.4 Å². The SMILES string of the molecule is CNC(=O)c1ccc(CNc2c(C#N)cnc3ccc(Cl)cc23)cc1. The molecule has 124 valence electrons. The molecule has 0 aliphatic heterocycles. The molecule has 0 bridgehead atoms. The number of aromatic nitrogens is 1. The van der Waals surface area contributed by atoms with Gasteiger partial charge in [0.1, 0.15) is 6.07 Å². The minimum absolute atomic E-state index is 0.124. The van der Waals surface area contributed by atoms with Gasteiger partial charge in [0.2, 0.25) is 0 Å². The van der Waals surface area contributed by atoms with Crippen molar-refractivity contribution in [2.24, 2.45) is 0 Å². The first-order valence-electron chi connectivity index (χ1n) is 7.65. The Labute approximate surface area is 150 Å². The van der Waals surface area contributed by atoms with Crippen molar-refractivity contribution in [3.05, 3.63) is 70.4 Å². The number of carbonyl (C=O) groups is 1. The van der Waals surface area contributed by atoms with Crippen LogP contribution in [0.3, 0.4) is 0 Å². The Morgan fingerprint density at radius 3 is 2.68 bits per heavy atom. The van der Waals surface area contributed by atoms with Crippen LogP contribution in [0.1, 0.15) is 21.5 Å². The molecule has 0 aliphatic carbocycles. The Hall–Kier alpha value is -3.10. The summed E-state index contributed by atoms with van der Waals surface area (Å²) in [5, 5.41) is 16.6. The van der Waals surface area contributed by atoms with E-state index < -0.39 is 0 Å². The number of benzene rings is 2. The van der Waals surface area contributed by atoms with Gasteiger partial charge in [0.25, 0.3) is 5.91 Å². The van der Waals surface area contributed by atoms with Crippen molar-refractivity contribution in [1.29, 1.82) is 5.26 Å². The molecule has 2 N–H and O–H groups in total. The summed E-state index contributed by atoms with van der Waals surface area (Å²) in [6, 6.07) is 14.8. The van der Waals surface area contributed by atoms with E-state index in [1.54, 1.807) is 37.5 Å². The van der Waals surface area contributed by atoms with Crippen LogP contribution in [-0.4, -0.2) is 17.9 Å². The zero-order chi connectivity index (χ0) is 17.8. The van der Waals surface area contributed by atoms with Crippen molar-refractivity contribution < 1.29 is 4.79 Å². The van der Waals surface area contributed by atoms with Gasteiger partial charge in [-0.25, -0.2) is 0 Å². The molecule has 0 aliphatic rings. The lowest BCUT2D eigenvalue weighted by atomic mass is 10.1. The first-order valence-corrected chi connectivity index (χ1v) is 8.03. The number of rotatable bonds is 4. The topological polar surface area (TPSA) is 77.8 Å². The molecule has 3 rings (SSSR count). The average molecular weight is 351 g/mol. The van der Waals surface area contributed by atoms with E-state index in [-0.39, 0.29) is 5.91 Å². The normalized spacial score (nSPS) is 10.3. The number of hydrogen-bond donors (Lipinski definition) is 2. The molecule has 1 heterocycles. The number of hydrogen-bond acceptors (Lipinski definition) is 4. The second-order valence-corrected chi connectivity index (χ2v) is 5.89. The molecule has 0 radical (unpaired) electrons. The Morgan fingerprint density at radius 1 is 1.24 bits per heavy atom. The quantitative estimate of drug-likeness (QED) is 0.751. The van der Waals surface area contributed by atoms with Gasteiger partial charge >= 0.3 is 0 Å². The van der Waals surface area contributed by atoms with E-state index in [9.17, 15) is 10.1 Å². The summed E-state index contributed by atoms with van der Waals surface area (Å²) >= 11 is 6.09. The predicted octanol–water partition coefficient (Wildman–Crippen LogP) is 3.73. The summed E-state index contributed by atoms with van der Waals surface area (Å²) in [7, 11) is 1.60. The summed E-state index contributed by atoms with van der Waals surface area (Å²) in [6.45, 7) is 0.508. The van der Waals surface area contributed by atoms with E-state index in [4.69, 9.17) is 11.6 Å². The summed E-state index contributed by atoms with van der Waals surface area (Å²) in [6.07, 6.45) is 1.55. The van der Waals surface area contributed by atoms with Crippen molar-refractivity contribution in [2.45, 2.75) is 6.54 Å². The first-order chi connectivity index (χ1) is 12.1. The molecular weight excluding hydrogens is 336 g/mol. The van der Waals surface area contributed by atoms with Crippen molar-refractivity contribution in [3.8, 4) is 6.07 Å². The minimum Gasteiger partial charge on any atom is -0.379 e. The molecule has 2 aromatic carbocycles. The number of nitriles is 1. The van der Waals surface area contributed by atoms with E-state index in [1.165, 1.54) is 0 Å². The highest BCUT2D eigenvalue weighted by molar-refractivity contribution is 6.31. The fourth-order valence-electron chi connectivity index (χ4n) is 2.55. The number of fused-ring (bicyclic) bond motifs is 1. The fraction of sp³-hybridized carbons (Fsp3) is 0.105. The third kappa shape index (κ3) is 3.54. The van der Waals surface area contributed by atoms with Crippen LogP contribution in [0.25, 0.3) is 10.9 Å². The van der Waals surface area contributed by atoms with Crippen LogP contribution in [0.5, 0.6) is 0 Å². The predicted molar refractivity (Wildman–Crippen MR) is 98.6 cm³/mol. The first kappa shape index (κ1) is 16.7. The molecule has 0 saturated carbocycles. The molecule has 3 aromatic rings. The lowest BCUT2D eigenvalue weighted by molar-refractivity contribution is 0.0963. The Kier molecular flexibility index (Phi) is 4.82. The second-order valence-electron chi connectivity index (χ2n) is 5.45. The van der Waals surface area contributed by atoms with Crippen molar-refractivity contribution in [1.82, 2.24) is 10.3 Å². The molecule has 25 heavy (non-hydrogen) atoms. The number of anilines is 1. The van der Waals surface area contributed by atoms with Crippen LogP contribution in [0.2, 0.25) is 5.02 Å². The fourth-order valence-corrected chi connectivity index (χ4v) is 2.72. The number of carbonyl (C=O) groups excluding carboxylic acids is 1. The maximum absolute atomic E-state index is 11.6. The highest BCUT2D eigenvalue weighted by Gasteiger charge is 2.10. The molecular formula is C19H15ClN4O. The summed E-state index contributed by atoms with van der Waals surface area (Å²) < 4.78 is 0. The zero-order valence-corrected chi connectivity index (χ0v) is 14.3. The minimum atomic E-state index is -0.124. The van der Waals surface area contributed by atoms with E-state index in [0.29, 0.717) is 28.4 Å². The third-order valence-electron chi connectivity index (χ3n) is 3.86. The molecule has 1 aromatic heterocycles. The molecule has 0 spiro atoms. The lowest BCUT2D eigenvalue weighted by Gasteiger charge is -2.12. The van der Waals surface area contributed by atoms with E-state index in [0.717, 1.165) is 16.5 Å². The van der Waals surface area contributed by atoms with Gasteiger partial charge < -0.3 is 10.6 Å². The molecule has 0 atom stereocenters. The maximum atomic E-state index is 11.6. The van der Waals surface area contributed by atoms with Crippen molar-refractivity contribution in [3.63, 3.8) is 0 Å². The largest absolute Gasteiger partial charge is 0.379 e. The number of amides is 1. The van der Waals surface area contributed by atoms with E-state index >= 15 is 0 Å². The van der Waals surface area contributed by atoms with E-state index in [2.05, 4.69) is 21.7 Å². The molecule has 6 heteroatoms. The van der Waals surface area contributed by atoms with E-state index in [1.807, 2.05) is 18.2 Å². The Bertz CT molecular complexity index is 977. The summed E-state index contributed by atoms with van der Waals surface area (Å²) in [4.78, 5) is 15.9. The van der Waals surface area contributed by atoms with Crippen LogP contribution in [0.15, 0.2) is 48.7 Å². The van der Waals surface area contributed by atoms with Crippen LogP contribution < -0.4 is 10.6 Å². The van der Waals surface area contributed by atoms with Gasteiger partial charge in [-0.2, -0.15) is 5.26 Å². The molecule has 0 saturated heterocycles. The Morgan fingerprint density at radius 2 is 2.00 bits per heavy atom. The highest BCUT2D eigenvalue weighted by Crippen LogP contribution is 2.28. The third-order valence-corrected chi connectivity index (χ3v) is 4.10. The number of nitrogens with zero attached hydrogens (tertiary/aromatic N) is 2. The van der Waals surface area contributed by atoms with Crippen LogP contribution >= 0.6 is 11.6 Å². The van der Waals surface area contributed by atoms with Gasteiger partial charge in [-0.15, -0.1) is 0 Å². The number of halogens is 1. The second kappa shape index (κ2) is 7.20. The smallest absolute Gasteiger partial charge is 0.251 e. The van der Waals surface area contributed by atoms with Gasteiger partial charge in [0, 0.05) is 35.8 Å². The standard InChI is InChI=1S/C19H15ClN4O/c1-22-19(25)13-4-2-12(3-5-13)10-24-18-14(9-21)11-23-17-7-6-15(20)8-16(17)18/h2-8,11H,10H2,1H3,(H,22,25)(H,23,24). The zero-order valence-electron chi connectivity index (χ0n) is 13.5. The summed E-state index contributed by atoms with van der Waals surface area (Å²) in [5.41, 5.74) is 3.51. The Balaban J connectivity index is 1.89. The van der Waals surface area contributed by atoms with Crippen molar-refractivity contribution >= 4 is 34.1 Å². The highest BCUT2D eigenvalue weighted by atomic mass is 35.5. The van der Waals surface area contributed by atoms with Crippen LogP contribution in [-0.2, 0) is 6.54 Å². The number of nitrogens with one attached hydrogen (secondary N) is 2. The van der Waals surface area contributed by atoms with Gasteiger partial charge in [0.15, 0.2) is 0 Å². The molecule has 5 nitrogen and oxygen atoms in total. The lowest BCUT2D eigenvalue weighted by Crippen LogP contribution is -2.17. The van der Waals surface area contributed by atoms with Gasteiger partial charge in [-0.1, -0.05) is 23.7 Å². The molecule has 1 amide bonds. The number of pyridine rings is 1. The van der Waals surface area contributed by atoms with Crippen LogP contribution in [0, 0.1) is 11.3 Å². The molecule has 0 unspecified atom stereocenters. The summed E-state index contributed by atoms with van der Waals surface area (Å²) in [5.74, 6) is -0.124. The van der Waals surface area contributed by atoms with Gasteiger partial charge in [-0.3, -0.25) is 9.78 Å².